The summed E-state index contributed by atoms with van der Waals surface area (Å²) < 4.78 is 37.7. The maximum Gasteiger partial charge on any atom is 0.406 e. The molecular formula is C10H19F3N2. The molecule has 0 bridgehead atoms. The van der Waals surface area contributed by atoms with Crippen LogP contribution in [0.3, 0.4) is 0 Å². The van der Waals surface area contributed by atoms with Crippen LogP contribution in [0.5, 0.6) is 0 Å². The van der Waals surface area contributed by atoms with Crippen molar-refractivity contribution in [1.29, 1.82) is 0 Å². The van der Waals surface area contributed by atoms with Crippen molar-refractivity contribution in [2.24, 2.45) is 5.73 Å². The normalized spacial score (nSPS) is 29.2. The van der Waals surface area contributed by atoms with Gasteiger partial charge in [-0.3, -0.25) is 0 Å². The van der Waals surface area contributed by atoms with Gasteiger partial charge in [0.05, 0.1) is 0 Å². The van der Waals surface area contributed by atoms with Crippen LogP contribution >= 0.6 is 0 Å². The van der Waals surface area contributed by atoms with Crippen LogP contribution in [0.25, 0.3) is 0 Å². The molecule has 0 radical (unpaired) electrons. The van der Waals surface area contributed by atoms with Crippen molar-refractivity contribution in [1.82, 2.24) is 5.32 Å². The second-order valence-corrected chi connectivity index (χ2v) is 4.88. The van der Waals surface area contributed by atoms with E-state index in [1.165, 1.54) is 13.8 Å². The van der Waals surface area contributed by atoms with E-state index in [9.17, 15) is 13.2 Å². The van der Waals surface area contributed by atoms with Crippen LogP contribution in [0.15, 0.2) is 0 Å². The van der Waals surface area contributed by atoms with Gasteiger partial charge in [-0.15, -0.1) is 0 Å². The summed E-state index contributed by atoms with van der Waals surface area (Å²) in [5.41, 5.74) is 3.89. The van der Waals surface area contributed by atoms with E-state index in [2.05, 4.69) is 5.32 Å². The van der Waals surface area contributed by atoms with Crippen LogP contribution in [0.2, 0.25) is 0 Å². The van der Waals surface area contributed by atoms with Crippen LogP contribution in [-0.2, 0) is 0 Å². The number of nitrogens with one attached hydrogen (secondary N) is 1. The van der Waals surface area contributed by atoms with Crippen molar-refractivity contribution in [2.75, 3.05) is 0 Å². The maximum atomic E-state index is 12.6. The van der Waals surface area contributed by atoms with Crippen molar-refractivity contribution < 1.29 is 13.2 Å². The van der Waals surface area contributed by atoms with E-state index in [4.69, 9.17) is 5.73 Å². The third kappa shape index (κ3) is 3.34. The summed E-state index contributed by atoms with van der Waals surface area (Å²) in [5.74, 6) is 0. The summed E-state index contributed by atoms with van der Waals surface area (Å²) in [6.45, 7) is 2.36. The topological polar surface area (TPSA) is 38.0 Å². The molecule has 0 saturated heterocycles. The second kappa shape index (κ2) is 4.29. The van der Waals surface area contributed by atoms with Crippen molar-refractivity contribution in [3.05, 3.63) is 0 Å². The number of alkyl halides is 3. The Hall–Kier alpha value is -0.290. The molecule has 0 amide bonds. The summed E-state index contributed by atoms with van der Waals surface area (Å²) in [6.07, 6.45) is -1.11. The van der Waals surface area contributed by atoms with Crippen molar-refractivity contribution in [3.63, 3.8) is 0 Å². The van der Waals surface area contributed by atoms with Crippen LogP contribution in [0, 0.1) is 0 Å². The zero-order valence-electron chi connectivity index (χ0n) is 9.19. The Kier molecular flexibility index (Phi) is 3.66. The van der Waals surface area contributed by atoms with Gasteiger partial charge in [0.1, 0.15) is 5.54 Å². The van der Waals surface area contributed by atoms with Gasteiger partial charge < -0.3 is 11.1 Å². The molecule has 1 rings (SSSR count). The maximum absolute atomic E-state index is 12.6. The number of rotatable bonds is 2. The zero-order valence-corrected chi connectivity index (χ0v) is 9.19. The molecular weight excluding hydrogens is 205 g/mol. The third-order valence-corrected chi connectivity index (χ3v) is 3.05. The van der Waals surface area contributed by atoms with Gasteiger partial charge in [-0.25, -0.2) is 0 Å². The van der Waals surface area contributed by atoms with Crippen molar-refractivity contribution in [2.45, 2.75) is 63.3 Å². The molecule has 0 heterocycles. The lowest BCUT2D eigenvalue weighted by molar-refractivity contribution is -0.188. The molecule has 0 spiro atoms. The number of hydrogen-bond donors (Lipinski definition) is 2. The van der Waals surface area contributed by atoms with Crippen LogP contribution in [-0.4, -0.2) is 23.8 Å². The smallest absolute Gasteiger partial charge is 0.328 e. The van der Waals surface area contributed by atoms with Gasteiger partial charge in [-0.05, 0) is 39.5 Å². The standard InChI is InChI=1S/C10H19F3N2/c1-9(2,10(11,12)13)15-8-5-3-7(14)4-6-8/h7-8,15H,3-6,14H2,1-2H3. The molecule has 5 heteroatoms. The Morgan fingerprint density at radius 1 is 1.07 bits per heavy atom. The van der Waals surface area contributed by atoms with E-state index in [0.717, 1.165) is 25.7 Å². The summed E-state index contributed by atoms with van der Waals surface area (Å²) in [5, 5.41) is 2.68. The molecule has 0 aromatic rings. The highest BCUT2D eigenvalue weighted by atomic mass is 19.4. The molecule has 3 N–H and O–H groups in total. The Balaban J connectivity index is 2.48. The Labute approximate surface area is 88.4 Å². The largest absolute Gasteiger partial charge is 0.406 e. The predicted octanol–water partition coefficient (Wildman–Crippen LogP) is 2.19. The van der Waals surface area contributed by atoms with Crippen molar-refractivity contribution in [3.8, 4) is 0 Å². The Morgan fingerprint density at radius 3 is 1.93 bits per heavy atom. The molecule has 1 aliphatic carbocycles. The first-order chi connectivity index (χ1) is 6.72. The number of nitrogens with two attached hydrogens (primary N) is 1. The lowest BCUT2D eigenvalue weighted by Gasteiger charge is -2.36. The lowest BCUT2D eigenvalue weighted by atomic mass is 9.89. The van der Waals surface area contributed by atoms with Crippen LogP contribution < -0.4 is 11.1 Å². The first-order valence-corrected chi connectivity index (χ1v) is 5.32. The van der Waals surface area contributed by atoms with E-state index in [0.29, 0.717) is 0 Å². The minimum absolute atomic E-state index is 0.0542. The van der Waals surface area contributed by atoms with E-state index >= 15 is 0 Å². The van der Waals surface area contributed by atoms with Crippen molar-refractivity contribution >= 4 is 0 Å². The molecule has 0 aromatic carbocycles. The first-order valence-electron chi connectivity index (χ1n) is 5.32. The zero-order chi connectivity index (χ0) is 11.7. The van der Waals surface area contributed by atoms with Gasteiger partial charge in [-0.1, -0.05) is 0 Å². The summed E-state index contributed by atoms with van der Waals surface area (Å²) in [4.78, 5) is 0. The van der Waals surface area contributed by atoms with Gasteiger partial charge in [-0.2, -0.15) is 13.2 Å². The second-order valence-electron chi connectivity index (χ2n) is 4.88. The molecule has 1 fully saturated rings. The molecule has 0 aliphatic heterocycles. The highest BCUT2D eigenvalue weighted by Gasteiger charge is 2.48. The van der Waals surface area contributed by atoms with E-state index in [-0.39, 0.29) is 12.1 Å². The average molecular weight is 224 g/mol. The molecule has 0 atom stereocenters. The number of halogens is 3. The lowest BCUT2D eigenvalue weighted by Crippen LogP contribution is -2.56. The average Bonchev–Trinajstić information content (AvgIpc) is 2.06. The SMILES string of the molecule is CC(C)(NC1CCC(N)CC1)C(F)(F)F. The highest BCUT2D eigenvalue weighted by Crippen LogP contribution is 2.31. The monoisotopic (exact) mass is 224 g/mol. The minimum atomic E-state index is -4.20. The minimum Gasteiger partial charge on any atom is -0.328 e. The molecule has 1 saturated carbocycles. The van der Waals surface area contributed by atoms with Crippen LogP contribution in [0.4, 0.5) is 13.2 Å². The summed E-state index contributed by atoms with van der Waals surface area (Å²) >= 11 is 0. The summed E-state index contributed by atoms with van der Waals surface area (Å²) in [6, 6.07) is 0.110. The fraction of sp³-hybridized carbons (Fsp3) is 1.00. The third-order valence-electron chi connectivity index (χ3n) is 3.05. The Morgan fingerprint density at radius 2 is 1.53 bits per heavy atom. The Bertz CT molecular complexity index is 205. The summed E-state index contributed by atoms with van der Waals surface area (Å²) in [7, 11) is 0. The van der Waals surface area contributed by atoms with Gasteiger partial charge in [0, 0.05) is 12.1 Å². The molecule has 15 heavy (non-hydrogen) atoms. The van der Waals surface area contributed by atoms with E-state index in [1.807, 2.05) is 0 Å². The highest BCUT2D eigenvalue weighted by molar-refractivity contribution is 4.91. The molecule has 0 unspecified atom stereocenters. The van der Waals surface area contributed by atoms with Gasteiger partial charge >= 0.3 is 6.18 Å². The van der Waals surface area contributed by atoms with E-state index in [1.54, 1.807) is 0 Å². The molecule has 2 nitrogen and oxygen atoms in total. The quantitative estimate of drug-likeness (QED) is 0.754. The fourth-order valence-electron chi connectivity index (χ4n) is 1.86. The first kappa shape index (κ1) is 12.8. The van der Waals surface area contributed by atoms with Gasteiger partial charge in [0.25, 0.3) is 0 Å². The van der Waals surface area contributed by atoms with E-state index < -0.39 is 11.7 Å². The molecule has 0 aromatic heterocycles. The molecule has 1 aliphatic rings. The fourth-order valence-corrected chi connectivity index (χ4v) is 1.86. The van der Waals surface area contributed by atoms with Gasteiger partial charge in [0.2, 0.25) is 0 Å². The predicted molar refractivity (Wildman–Crippen MR) is 53.5 cm³/mol. The number of hydrogen-bond acceptors (Lipinski definition) is 2. The molecule has 90 valence electrons. The van der Waals surface area contributed by atoms with Crippen LogP contribution in [0.1, 0.15) is 39.5 Å². The van der Waals surface area contributed by atoms with Gasteiger partial charge in [0.15, 0.2) is 0 Å².